The number of nitrogens with zero attached hydrogens (tertiary/aromatic N) is 2. The number of amides is 1. The normalized spacial score (nSPS) is 29.8. The van der Waals surface area contributed by atoms with Crippen LogP contribution in [0.25, 0.3) is 0 Å². The SMILES string of the molecule is O=C(c1ccncc1)N1CCC2OCCCC2(COCC2CCC2)C1. The zero-order chi connectivity index (χ0) is 17.1. The van der Waals surface area contributed by atoms with Crippen LogP contribution < -0.4 is 0 Å². The number of likely N-dealkylation sites (tertiary alicyclic amines) is 1. The summed E-state index contributed by atoms with van der Waals surface area (Å²) in [7, 11) is 0. The number of rotatable bonds is 5. The van der Waals surface area contributed by atoms with Crippen LogP contribution in [0.1, 0.15) is 48.9 Å². The van der Waals surface area contributed by atoms with Crippen LogP contribution in [0.15, 0.2) is 24.5 Å². The van der Waals surface area contributed by atoms with E-state index in [-0.39, 0.29) is 17.4 Å². The maximum Gasteiger partial charge on any atom is 0.253 e. The maximum atomic E-state index is 12.9. The largest absolute Gasteiger partial charge is 0.380 e. The van der Waals surface area contributed by atoms with Gasteiger partial charge in [-0.1, -0.05) is 6.42 Å². The second-order valence-electron chi connectivity index (χ2n) is 7.89. The zero-order valence-electron chi connectivity index (χ0n) is 14.9. The molecule has 3 heterocycles. The van der Waals surface area contributed by atoms with Crippen molar-refractivity contribution < 1.29 is 14.3 Å². The number of piperidine rings is 1. The molecule has 0 aromatic carbocycles. The number of hydrogen-bond donors (Lipinski definition) is 0. The first-order chi connectivity index (χ1) is 12.3. The van der Waals surface area contributed by atoms with Crippen molar-refractivity contribution in [2.75, 3.05) is 32.9 Å². The minimum atomic E-state index is -0.0388. The van der Waals surface area contributed by atoms with Gasteiger partial charge in [-0.25, -0.2) is 0 Å². The van der Waals surface area contributed by atoms with Crippen molar-refractivity contribution in [1.29, 1.82) is 0 Å². The summed E-state index contributed by atoms with van der Waals surface area (Å²) in [5, 5.41) is 0. The van der Waals surface area contributed by atoms with Crippen molar-refractivity contribution in [3.63, 3.8) is 0 Å². The lowest BCUT2D eigenvalue weighted by Gasteiger charge is -2.50. The molecule has 25 heavy (non-hydrogen) atoms. The molecule has 0 spiro atoms. The lowest BCUT2D eigenvalue weighted by Crippen LogP contribution is -2.58. The van der Waals surface area contributed by atoms with Crippen LogP contribution in [0.2, 0.25) is 0 Å². The average Bonchev–Trinajstić information content (AvgIpc) is 2.63. The van der Waals surface area contributed by atoms with Crippen LogP contribution in [0, 0.1) is 11.3 Å². The highest BCUT2D eigenvalue weighted by Crippen LogP contribution is 2.41. The third-order valence-corrected chi connectivity index (χ3v) is 6.17. The Morgan fingerprint density at radius 3 is 2.88 bits per heavy atom. The number of aromatic nitrogens is 1. The molecule has 0 N–H and O–H groups in total. The summed E-state index contributed by atoms with van der Waals surface area (Å²) in [6.45, 7) is 3.92. The Morgan fingerprint density at radius 2 is 2.12 bits per heavy atom. The fourth-order valence-corrected chi connectivity index (χ4v) is 4.44. The van der Waals surface area contributed by atoms with E-state index in [1.54, 1.807) is 24.5 Å². The summed E-state index contributed by atoms with van der Waals surface area (Å²) in [5.74, 6) is 0.849. The van der Waals surface area contributed by atoms with Gasteiger partial charge in [0.15, 0.2) is 0 Å². The Kier molecular flexibility index (Phi) is 5.04. The van der Waals surface area contributed by atoms with E-state index in [0.29, 0.717) is 6.61 Å². The number of fused-ring (bicyclic) bond motifs is 1. The molecule has 2 saturated heterocycles. The lowest BCUT2D eigenvalue weighted by molar-refractivity contribution is -0.150. The van der Waals surface area contributed by atoms with E-state index < -0.39 is 0 Å². The fourth-order valence-electron chi connectivity index (χ4n) is 4.44. The van der Waals surface area contributed by atoms with Gasteiger partial charge in [-0.15, -0.1) is 0 Å². The summed E-state index contributed by atoms with van der Waals surface area (Å²) in [6.07, 6.45) is 10.6. The molecular weight excluding hydrogens is 316 g/mol. The number of carbonyl (C=O) groups excluding carboxylic acids is 1. The van der Waals surface area contributed by atoms with Gasteiger partial charge in [0, 0.05) is 49.7 Å². The van der Waals surface area contributed by atoms with Gasteiger partial charge in [-0.05, 0) is 50.2 Å². The Hall–Kier alpha value is -1.46. The highest BCUT2D eigenvalue weighted by atomic mass is 16.5. The standard InChI is InChI=1S/C20H28N2O3/c23-19(17-5-9-21-10-6-17)22-11-7-18-20(14-22,8-2-12-25-18)15-24-13-16-3-1-4-16/h5-6,9-10,16,18H,1-4,7-8,11-15H2. The summed E-state index contributed by atoms with van der Waals surface area (Å²) < 4.78 is 12.2. The van der Waals surface area contributed by atoms with Crippen LogP contribution in [0.5, 0.6) is 0 Å². The minimum Gasteiger partial charge on any atom is -0.380 e. The first-order valence-corrected chi connectivity index (χ1v) is 9.65. The molecular formula is C20H28N2O3. The topological polar surface area (TPSA) is 51.7 Å². The molecule has 4 rings (SSSR count). The smallest absolute Gasteiger partial charge is 0.253 e. The lowest BCUT2D eigenvalue weighted by atomic mass is 9.73. The van der Waals surface area contributed by atoms with Crippen LogP contribution >= 0.6 is 0 Å². The predicted octanol–water partition coefficient (Wildman–Crippen LogP) is 2.91. The highest BCUT2D eigenvalue weighted by molar-refractivity contribution is 5.94. The molecule has 136 valence electrons. The molecule has 1 amide bonds. The van der Waals surface area contributed by atoms with Gasteiger partial charge in [-0.2, -0.15) is 0 Å². The number of pyridine rings is 1. The fraction of sp³-hybridized carbons (Fsp3) is 0.700. The molecule has 5 nitrogen and oxygen atoms in total. The molecule has 3 fully saturated rings. The van der Waals surface area contributed by atoms with E-state index in [0.717, 1.165) is 57.0 Å². The summed E-state index contributed by atoms with van der Waals surface area (Å²) >= 11 is 0. The van der Waals surface area contributed by atoms with Gasteiger partial charge < -0.3 is 14.4 Å². The molecule has 1 saturated carbocycles. The van der Waals surface area contributed by atoms with Gasteiger partial charge >= 0.3 is 0 Å². The van der Waals surface area contributed by atoms with Gasteiger partial charge in [0.1, 0.15) is 0 Å². The van der Waals surface area contributed by atoms with E-state index >= 15 is 0 Å². The molecule has 0 bridgehead atoms. The van der Waals surface area contributed by atoms with Crippen molar-refractivity contribution in [2.45, 2.75) is 44.6 Å². The van der Waals surface area contributed by atoms with Gasteiger partial charge in [0.05, 0.1) is 12.7 Å². The molecule has 2 unspecified atom stereocenters. The van der Waals surface area contributed by atoms with Crippen molar-refractivity contribution in [2.24, 2.45) is 11.3 Å². The summed E-state index contributed by atoms with van der Waals surface area (Å²) in [4.78, 5) is 18.9. The Labute approximate surface area is 149 Å². The van der Waals surface area contributed by atoms with Crippen molar-refractivity contribution in [1.82, 2.24) is 9.88 Å². The zero-order valence-corrected chi connectivity index (χ0v) is 14.9. The Balaban J connectivity index is 1.44. The average molecular weight is 344 g/mol. The molecule has 1 aromatic rings. The van der Waals surface area contributed by atoms with E-state index in [2.05, 4.69) is 4.98 Å². The third kappa shape index (κ3) is 3.58. The van der Waals surface area contributed by atoms with E-state index in [1.165, 1.54) is 19.3 Å². The first kappa shape index (κ1) is 17.0. The highest BCUT2D eigenvalue weighted by Gasteiger charge is 2.47. The molecule has 1 aliphatic carbocycles. The second kappa shape index (κ2) is 7.42. The van der Waals surface area contributed by atoms with Gasteiger partial charge in [-0.3, -0.25) is 9.78 Å². The molecule has 2 atom stereocenters. The number of carbonyl (C=O) groups is 1. The quantitative estimate of drug-likeness (QED) is 0.824. The van der Waals surface area contributed by atoms with E-state index in [4.69, 9.17) is 9.47 Å². The predicted molar refractivity (Wildman–Crippen MR) is 94.3 cm³/mol. The molecule has 0 radical (unpaired) electrons. The Morgan fingerprint density at radius 1 is 1.28 bits per heavy atom. The van der Waals surface area contributed by atoms with Crippen molar-refractivity contribution >= 4 is 5.91 Å². The van der Waals surface area contributed by atoms with E-state index in [1.807, 2.05) is 4.90 Å². The second-order valence-corrected chi connectivity index (χ2v) is 7.89. The monoisotopic (exact) mass is 344 g/mol. The third-order valence-electron chi connectivity index (χ3n) is 6.17. The minimum absolute atomic E-state index is 0.0388. The van der Waals surface area contributed by atoms with Crippen LogP contribution in [-0.4, -0.2) is 54.8 Å². The molecule has 2 aliphatic heterocycles. The Bertz CT molecular complexity index is 590. The van der Waals surface area contributed by atoms with Crippen LogP contribution in [0.3, 0.4) is 0 Å². The van der Waals surface area contributed by atoms with Crippen molar-refractivity contribution in [3.05, 3.63) is 30.1 Å². The van der Waals surface area contributed by atoms with Crippen LogP contribution in [-0.2, 0) is 9.47 Å². The summed E-state index contributed by atoms with van der Waals surface area (Å²) in [5.41, 5.74) is 0.680. The number of hydrogen-bond acceptors (Lipinski definition) is 4. The molecule has 1 aromatic heterocycles. The molecule has 5 heteroatoms. The van der Waals surface area contributed by atoms with Gasteiger partial charge in [0.2, 0.25) is 0 Å². The van der Waals surface area contributed by atoms with E-state index in [9.17, 15) is 4.79 Å². The maximum absolute atomic E-state index is 12.9. The van der Waals surface area contributed by atoms with Gasteiger partial charge in [0.25, 0.3) is 5.91 Å². The van der Waals surface area contributed by atoms with Crippen LogP contribution in [0.4, 0.5) is 0 Å². The molecule has 3 aliphatic rings. The first-order valence-electron chi connectivity index (χ1n) is 9.65. The van der Waals surface area contributed by atoms with Crippen molar-refractivity contribution in [3.8, 4) is 0 Å². The number of ether oxygens (including phenoxy) is 2. The summed E-state index contributed by atoms with van der Waals surface area (Å²) in [6, 6.07) is 3.59.